The van der Waals surface area contributed by atoms with E-state index in [1.54, 1.807) is 18.2 Å². The molecule has 2 rings (SSSR count). The van der Waals surface area contributed by atoms with Gasteiger partial charge in [0.15, 0.2) is 5.75 Å². The number of unbranched alkanes of at least 4 members (excludes halogenated alkanes) is 7. The Kier molecular flexibility index (Phi) is 8.49. The number of fused-ring (bicyclic) bond motifs is 1. The molecule has 0 unspecified atom stereocenters. The summed E-state index contributed by atoms with van der Waals surface area (Å²) in [6.45, 7) is 6.39. The third-order valence-corrected chi connectivity index (χ3v) is 4.43. The summed E-state index contributed by atoms with van der Waals surface area (Å²) in [7, 11) is 0. The number of benzene rings is 1. The lowest BCUT2D eigenvalue weighted by atomic mass is 10.1. The molecule has 5 heteroatoms. The van der Waals surface area contributed by atoms with E-state index >= 15 is 0 Å². The summed E-state index contributed by atoms with van der Waals surface area (Å²) in [4.78, 5) is 12.2. The Morgan fingerprint density at radius 1 is 1.04 bits per heavy atom. The summed E-state index contributed by atoms with van der Waals surface area (Å²) in [5.74, 6) is 0.128. The lowest BCUT2D eigenvalue weighted by molar-refractivity contribution is 0.243. The highest BCUT2D eigenvalue weighted by molar-refractivity contribution is 5.91. The predicted molar refractivity (Wildman–Crippen MR) is 108 cm³/mol. The molecular weight excluding hydrogens is 344 g/mol. The molecule has 2 aromatic rings. The van der Waals surface area contributed by atoms with Crippen LogP contribution in [0.25, 0.3) is 11.0 Å². The summed E-state index contributed by atoms with van der Waals surface area (Å²) in [6, 6.07) is 5.10. The quantitative estimate of drug-likeness (QED) is 0.374. The molecule has 0 atom stereocenters. The molecule has 0 radical (unpaired) electrons. The van der Waals surface area contributed by atoms with E-state index in [2.05, 4.69) is 6.92 Å². The highest BCUT2D eigenvalue weighted by atomic mass is 16.5. The van der Waals surface area contributed by atoms with Crippen LogP contribution in [-0.4, -0.2) is 17.8 Å². The van der Waals surface area contributed by atoms with E-state index in [-0.39, 0.29) is 23.2 Å². The first-order chi connectivity index (χ1) is 13.0. The van der Waals surface area contributed by atoms with Crippen molar-refractivity contribution in [3.05, 3.63) is 28.6 Å². The van der Waals surface area contributed by atoms with Crippen molar-refractivity contribution in [2.45, 2.75) is 78.2 Å². The molecule has 0 spiro atoms. The van der Waals surface area contributed by atoms with Crippen molar-refractivity contribution in [3.63, 3.8) is 0 Å². The molecule has 5 nitrogen and oxygen atoms in total. The smallest absolute Gasteiger partial charge is 0.383 e. The number of ether oxygens (including phenoxy) is 2. The Balaban J connectivity index is 1.97. The zero-order valence-electron chi connectivity index (χ0n) is 16.8. The van der Waals surface area contributed by atoms with Gasteiger partial charge in [-0.25, -0.2) is 4.79 Å². The topological polar surface area (TPSA) is 68.9 Å². The fourth-order valence-corrected chi connectivity index (χ4v) is 3.08. The van der Waals surface area contributed by atoms with Crippen molar-refractivity contribution in [3.8, 4) is 17.2 Å². The van der Waals surface area contributed by atoms with Gasteiger partial charge in [0, 0.05) is 0 Å². The van der Waals surface area contributed by atoms with Crippen molar-refractivity contribution in [2.24, 2.45) is 0 Å². The van der Waals surface area contributed by atoms with Gasteiger partial charge < -0.3 is 19.0 Å². The summed E-state index contributed by atoms with van der Waals surface area (Å²) in [5.41, 5.74) is -0.378. The van der Waals surface area contributed by atoms with Crippen LogP contribution in [0.1, 0.15) is 72.1 Å². The second-order valence-corrected chi connectivity index (χ2v) is 7.19. The molecule has 1 aromatic heterocycles. The molecule has 0 aliphatic rings. The van der Waals surface area contributed by atoms with E-state index in [4.69, 9.17) is 13.9 Å². The van der Waals surface area contributed by atoms with Gasteiger partial charge in [0.25, 0.3) is 0 Å². The zero-order chi connectivity index (χ0) is 19.6. The van der Waals surface area contributed by atoms with Crippen LogP contribution in [0.15, 0.2) is 27.4 Å². The fraction of sp³-hybridized carbons (Fsp3) is 0.591. The molecule has 0 bridgehead atoms. The van der Waals surface area contributed by atoms with Gasteiger partial charge in [0.05, 0.1) is 12.7 Å². The molecular formula is C22H32O5. The van der Waals surface area contributed by atoms with E-state index in [0.29, 0.717) is 17.7 Å². The molecule has 0 aliphatic heterocycles. The van der Waals surface area contributed by atoms with E-state index in [1.807, 2.05) is 13.8 Å². The van der Waals surface area contributed by atoms with E-state index < -0.39 is 5.63 Å². The Morgan fingerprint density at radius 3 is 2.37 bits per heavy atom. The summed E-state index contributed by atoms with van der Waals surface area (Å²) >= 11 is 0. The summed E-state index contributed by atoms with van der Waals surface area (Å²) < 4.78 is 16.6. The Bertz CT molecular complexity index is 763. The highest BCUT2D eigenvalue weighted by Crippen LogP contribution is 2.38. The molecule has 1 heterocycles. The number of rotatable bonds is 12. The molecule has 0 saturated carbocycles. The molecule has 1 N–H and O–H groups in total. The van der Waals surface area contributed by atoms with Gasteiger partial charge >= 0.3 is 5.63 Å². The number of hydrogen-bond donors (Lipinski definition) is 1. The van der Waals surface area contributed by atoms with Crippen molar-refractivity contribution >= 4 is 11.0 Å². The Hall–Kier alpha value is -2.17. The van der Waals surface area contributed by atoms with Crippen LogP contribution in [0, 0.1) is 0 Å². The Labute approximate surface area is 161 Å². The molecule has 1 aromatic carbocycles. The average molecular weight is 376 g/mol. The normalized spacial score (nSPS) is 11.3. The maximum Gasteiger partial charge on any atom is 0.383 e. The molecule has 0 fully saturated rings. The molecule has 0 aliphatic carbocycles. The predicted octanol–water partition coefficient (Wildman–Crippen LogP) is 5.81. The SMILES string of the molecule is CCCCCCCCCCOc1c(O)c2c(OC(C)C)cccc2oc1=O. The van der Waals surface area contributed by atoms with E-state index in [9.17, 15) is 9.90 Å². The van der Waals surface area contributed by atoms with Crippen LogP contribution in [0.5, 0.6) is 17.2 Å². The van der Waals surface area contributed by atoms with Crippen LogP contribution in [0.3, 0.4) is 0 Å². The van der Waals surface area contributed by atoms with Crippen LogP contribution in [0.4, 0.5) is 0 Å². The van der Waals surface area contributed by atoms with Gasteiger partial charge in [0.1, 0.15) is 16.7 Å². The minimum atomic E-state index is -0.665. The maximum absolute atomic E-state index is 12.2. The van der Waals surface area contributed by atoms with Gasteiger partial charge in [-0.2, -0.15) is 0 Å². The van der Waals surface area contributed by atoms with E-state index in [0.717, 1.165) is 19.3 Å². The van der Waals surface area contributed by atoms with Crippen molar-refractivity contribution in [1.29, 1.82) is 0 Å². The van der Waals surface area contributed by atoms with Gasteiger partial charge in [-0.15, -0.1) is 0 Å². The fourth-order valence-electron chi connectivity index (χ4n) is 3.08. The Morgan fingerprint density at radius 2 is 1.70 bits per heavy atom. The third kappa shape index (κ3) is 6.19. The molecule has 150 valence electrons. The number of hydrogen-bond acceptors (Lipinski definition) is 5. The average Bonchev–Trinajstić information content (AvgIpc) is 2.62. The van der Waals surface area contributed by atoms with Crippen molar-refractivity contribution < 1.29 is 19.0 Å². The second-order valence-electron chi connectivity index (χ2n) is 7.19. The van der Waals surface area contributed by atoms with Gasteiger partial charge in [-0.1, -0.05) is 57.9 Å². The van der Waals surface area contributed by atoms with Crippen molar-refractivity contribution in [2.75, 3.05) is 6.61 Å². The van der Waals surface area contributed by atoms with Gasteiger partial charge in [-0.3, -0.25) is 0 Å². The van der Waals surface area contributed by atoms with Crippen LogP contribution < -0.4 is 15.1 Å². The minimum Gasteiger partial charge on any atom is -0.503 e. The standard InChI is InChI=1S/C22H32O5/c1-4-5-6-7-8-9-10-11-15-25-21-20(23)19-17(26-16(2)3)13-12-14-18(19)27-22(21)24/h12-14,16,23H,4-11,15H2,1-3H3. The third-order valence-electron chi connectivity index (χ3n) is 4.43. The first-order valence-electron chi connectivity index (χ1n) is 10.1. The van der Waals surface area contributed by atoms with Gasteiger partial charge in [0.2, 0.25) is 5.75 Å². The molecule has 0 saturated heterocycles. The van der Waals surface area contributed by atoms with Gasteiger partial charge in [-0.05, 0) is 32.4 Å². The highest BCUT2D eigenvalue weighted by Gasteiger charge is 2.19. The largest absolute Gasteiger partial charge is 0.503 e. The monoisotopic (exact) mass is 376 g/mol. The van der Waals surface area contributed by atoms with Crippen LogP contribution in [-0.2, 0) is 0 Å². The zero-order valence-corrected chi connectivity index (χ0v) is 16.8. The molecule has 0 amide bonds. The molecule has 27 heavy (non-hydrogen) atoms. The van der Waals surface area contributed by atoms with Crippen LogP contribution >= 0.6 is 0 Å². The maximum atomic E-state index is 12.2. The van der Waals surface area contributed by atoms with Crippen molar-refractivity contribution in [1.82, 2.24) is 0 Å². The first kappa shape index (κ1) is 21.1. The lowest BCUT2D eigenvalue weighted by Gasteiger charge is -2.14. The first-order valence-corrected chi connectivity index (χ1v) is 10.1. The van der Waals surface area contributed by atoms with E-state index in [1.165, 1.54) is 32.1 Å². The lowest BCUT2D eigenvalue weighted by Crippen LogP contribution is -2.10. The summed E-state index contributed by atoms with van der Waals surface area (Å²) in [6.07, 6.45) is 9.38. The second kappa shape index (κ2) is 10.9. The summed E-state index contributed by atoms with van der Waals surface area (Å²) in [5, 5.41) is 11.0. The number of aromatic hydroxyl groups is 1. The minimum absolute atomic E-state index is 0.0661. The van der Waals surface area contributed by atoms with Crippen LogP contribution in [0.2, 0.25) is 0 Å².